The Bertz CT molecular complexity index is 1030. The number of aromatic nitrogens is 1. The number of benzene rings is 1. The van der Waals surface area contributed by atoms with Gasteiger partial charge in [0.25, 0.3) is 0 Å². The number of hydrogen-bond acceptors (Lipinski definition) is 0. The van der Waals surface area contributed by atoms with E-state index in [2.05, 4.69) is 100 Å². The standard InChI is InChI=1S/C25H27N/c1-7-13-21-22-16-12-15-20-17(6)18(9-3)19(10-4)23(11-5)26(25(20)22)24(21)14-8-2/h7-16H,3H2,1-2,4-6H3/b13-7-,14-8-,19-10-,23-11+. The van der Waals surface area contributed by atoms with Crippen molar-refractivity contribution < 1.29 is 0 Å². The normalized spacial score (nSPS) is 18.0. The third-order valence-electron chi connectivity index (χ3n) is 5.11. The molecule has 0 unspecified atom stereocenters. The van der Waals surface area contributed by atoms with Crippen molar-refractivity contribution >= 4 is 34.3 Å². The molecule has 1 aliphatic heterocycles. The first-order valence-electron chi connectivity index (χ1n) is 9.24. The minimum absolute atomic E-state index is 1.20. The molecule has 26 heavy (non-hydrogen) atoms. The summed E-state index contributed by atoms with van der Waals surface area (Å²) in [5, 5.41) is 1.29. The smallest absolute Gasteiger partial charge is 0.0616 e. The highest BCUT2D eigenvalue weighted by Gasteiger charge is 2.25. The molecule has 0 spiro atoms. The van der Waals surface area contributed by atoms with Gasteiger partial charge in [0.2, 0.25) is 0 Å². The minimum Gasteiger partial charge on any atom is -0.308 e. The minimum atomic E-state index is 1.20. The maximum atomic E-state index is 4.10. The van der Waals surface area contributed by atoms with Crippen molar-refractivity contribution in [3.05, 3.63) is 83.1 Å². The van der Waals surface area contributed by atoms with E-state index in [1.807, 2.05) is 6.08 Å². The van der Waals surface area contributed by atoms with Crippen LogP contribution in [0.3, 0.4) is 0 Å². The van der Waals surface area contributed by atoms with Gasteiger partial charge in [-0.1, -0.05) is 61.2 Å². The second kappa shape index (κ2) is 7.21. The van der Waals surface area contributed by atoms with Crippen LogP contribution in [0.4, 0.5) is 0 Å². The zero-order valence-corrected chi connectivity index (χ0v) is 16.4. The molecular weight excluding hydrogens is 314 g/mol. The third kappa shape index (κ3) is 2.47. The Kier molecular flexibility index (Phi) is 4.99. The van der Waals surface area contributed by atoms with E-state index in [1.165, 1.54) is 50.1 Å². The number of allylic oxidation sites excluding steroid dienone is 9. The molecule has 0 atom stereocenters. The van der Waals surface area contributed by atoms with Gasteiger partial charge in [0.05, 0.1) is 11.2 Å². The van der Waals surface area contributed by atoms with Crippen LogP contribution in [-0.4, -0.2) is 4.57 Å². The van der Waals surface area contributed by atoms with E-state index in [-0.39, 0.29) is 0 Å². The van der Waals surface area contributed by atoms with Crippen LogP contribution in [-0.2, 0) is 0 Å². The van der Waals surface area contributed by atoms with Crippen LogP contribution in [0.1, 0.15) is 51.4 Å². The van der Waals surface area contributed by atoms with Crippen LogP contribution in [0, 0.1) is 0 Å². The van der Waals surface area contributed by atoms with E-state index in [0.29, 0.717) is 0 Å². The summed E-state index contributed by atoms with van der Waals surface area (Å²) < 4.78 is 2.41. The Morgan fingerprint density at radius 3 is 2.27 bits per heavy atom. The summed E-state index contributed by atoms with van der Waals surface area (Å²) in [5.74, 6) is 0. The molecule has 1 aromatic carbocycles. The first-order valence-corrected chi connectivity index (χ1v) is 9.24. The SMILES string of the molecule is C=CC1=C(C)c2cccc3c(/C=C\C)c(/C=C\C)n(c23)C(=C/C)/C1=C\C. The first-order chi connectivity index (χ1) is 12.6. The van der Waals surface area contributed by atoms with Crippen LogP contribution < -0.4 is 0 Å². The molecule has 1 aromatic heterocycles. The quantitative estimate of drug-likeness (QED) is 0.545. The molecule has 1 heteroatoms. The summed E-state index contributed by atoms with van der Waals surface area (Å²) in [6.45, 7) is 14.7. The highest BCUT2D eigenvalue weighted by atomic mass is 15.0. The van der Waals surface area contributed by atoms with Crippen molar-refractivity contribution in [2.75, 3.05) is 0 Å². The summed E-state index contributed by atoms with van der Waals surface area (Å²) in [7, 11) is 0. The van der Waals surface area contributed by atoms with Crippen LogP contribution >= 0.6 is 0 Å². The molecule has 1 nitrogen and oxygen atoms in total. The molecule has 0 N–H and O–H groups in total. The molecule has 3 rings (SSSR count). The van der Waals surface area contributed by atoms with Crippen LogP contribution in [0.5, 0.6) is 0 Å². The van der Waals surface area contributed by atoms with Gasteiger partial charge in [-0.3, -0.25) is 0 Å². The molecule has 132 valence electrons. The van der Waals surface area contributed by atoms with Crippen LogP contribution in [0.25, 0.3) is 34.3 Å². The van der Waals surface area contributed by atoms with E-state index in [0.717, 1.165) is 0 Å². The second-order valence-electron chi connectivity index (χ2n) is 6.46. The predicted octanol–water partition coefficient (Wildman–Crippen LogP) is 7.49. The van der Waals surface area contributed by atoms with Crippen molar-refractivity contribution in [3.8, 4) is 0 Å². The third-order valence-corrected chi connectivity index (χ3v) is 5.11. The van der Waals surface area contributed by atoms with Gasteiger partial charge in [0.15, 0.2) is 0 Å². The molecule has 2 heterocycles. The fourth-order valence-corrected chi connectivity index (χ4v) is 4.05. The van der Waals surface area contributed by atoms with Crippen molar-refractivity contribution in [1.82, 2.24) is 4.57 Å². The van der Waals surface area contributed by atoms with Gasteiger partial charge < -0.3 is 4.57 Å². The molecule has 0 fully saturated rings. The molecule has 0 radical (unpaired) electrons. The number of para-hydroxylation sites is 1. The second-order valence-corrected chi connectivity index (χ2v) is 6.46. The first kappa shape index (κ1) is 18.0. The molecule has 0 saturated heterocycles. The topological polar surface area (TPSA) is 4.93 Å². The predicted molar refractivity (Wildman–Crippen MR) is 118 cm³/mol. The maximum Gasteiger partial charge on any atom is 0.0616 e. The van der Waals surface area contributed by atoms with E-state index in [4.69, 9.17) is 0 Å². The zero-order valence-electron chi connectivity index (χ0n) is 16.4. The molecule has 0 saturated carbocycles. The average molecular weight is 341 g/mol. The fourth-order valence-electron chi connectivity index (χ4n) is 4.05. The molecule has 0 amide bonds. The Hall–Kier alpha value is -2.80. The monoisotopic (exact) mass is 341 g/mol. The van der Waals surface area contributed by atoms with Crippen molar-refractivity contribution in [3.63, 3.8) is 0 Å². The van der Waals surface area contributed by atoms with Gasteiger partial charge in [-0.15, -0.1) is 0 Å². The fraction of sp³-hybridized carbons (Fsp3) is 0.200. The lowest BCUT2D eigenvalue weighted by molar-refractivity contribution is 1.13. The molecule has 1 aliphatic rings. The van der Waals surface area contributed by atoms with E-state index in [1.54, 1.807) is 0 Å². The maximum absolute atomic E-state index is 4.10. The number of hydrogen-bond donors (Lipinski definition) is 0. The Morgan fingerprint density at radius 1 is 0.962 bits per heavy atom. The lowest BCUT2D eigenvalue weighted by Gasteiger charge is -2.16. The molecular formula is C25H27N. The number of nitrogens with zero attached hydrogens (tertiary/aromatic N) is 1. The van der Waals surface area contributed by atoms with Crippen LogP contribution in [0.15, 0.2) is 66.3 Å². The summed E-state index contributed by atoms with van der Waals surface area (Å²) in [5.41, 5.74) is 9.95. The van der Waals surface area contributed by atoms with Crippen molar-refractivity contribution in [2.45, 2.75) is 34.6 Å². The largest absolute Gasteiger partial charge is 0.308 e. The summed E-state index contributed by atoms with van der Waals surface area (Å²) in [6, 6.07) is 6.61. The van der Waals surface area contributed by atoms with E-state index in [9.17, 15) is 0 Å². The van der Waals surface area contributed by atoms with Crippen molar-refractivity contribution in [1.29, 1.82) is 0 Å². The lowest BCUT2D eigenvalue weighted by atomic mass is 9.93. The Morgan fingerprint density at radius 2 is 1.69 bits per heavy atom. The molecule has 2 aromatic rings. The van der Waals surface area contributed by atoms with Gasteiger partial charge >= 0.3 is 0 Å². The van der Waals surface area contributed by atoms with E-state index < -0.39 is 0 Å². The Labute approximate surface area is 157 Å². The van der Waals surface area contributed by atoms with Crippen molar-refractivity contribution in [2.24, 2.45) is 0 Å². The Balaban J connectivity index is 2.66. The average Bonchev–Trinajstić information content (AvgIpc) is 2.90. The molecule has 0 bridgehead atoms. The van der Waals surface area contributed by atoms with Gasteiger partial charge in [0.1, 0.15) is 0 Å². The highest BCUT2D eigenvalue weighted by Crippen LogP contribution is 2.43. The van der Waals surface area contributed by atoms with Gasteiger partial charge in [-0.2, -0.15) is 0 Å². The van der Waals surface area contributed by atoms with E-state index >= 15 is 0 Å². The van der Waals surface area contributed by atoms with Gasteiger partial charge in [-0.05, 0) is 51.8 Å². The highest BCUT2D eigenvalue weighted by molar-refractivity contribution is 6.06. The zero-order chi connectivity index (χ0) is 18.8. The summed E-state index contributed by atoms with van der Waals surface area (Å²) >= 11 is 0. The summed E-state index contributed by atoms with van der Waals surface area (Å²) in [6.07, 6.45) is 15.1. The van der Waals surface area contributed by atoms with Crippen LogP contribution in [0.2, 0.25) is 0 Å². The lowest BCUT2D eigenvalue weighted by Crippen LogP contribution is -2.02. The summed E-state index contributed by atoms with van der Waals surface area (Å²) in [4.78, 5) is 0. The van der Waals surface area contributed by atoms with Gasteiger partial charge in [0, 0.05) is 27.8 Å². The molecule has 0 aliphatic carbocycles. The van der Waals surface area contributed by atoms with Gasteiger partial charge in [-0.25, -0.2) is 0 Å². The number of rotatable bonds is 3.